The molecule has 1 heterocycles. The summed E-state index contributed by atoms with van der Waals surface area (Å²) in [7, 11) is -0.875. The highest BCUT2D eigenvalue weighted by atomic mass is 16.5. The number of benzene rings is 1. The molecule has 68 valence electrons. The quantitative estimate of drug-likeness (QED) is 0.559. The zero-order valence-electron chi connectivity index (χ0n) is 7.66. The van der Waals surface area contributed by atoms with E-state index in [0.29, 0.717) is 12.1 Å². The van der Waals surface area contributed by atoms with Crippen molar-refractivity contribution in [1.82, 2.24) is 0 Å². The van der Waals surface area contributed by atoms with E-state index in [1.54, 1.807) is 6.07 Å². The first-order valence-corrected chi connectivity index (χ1v) is 4.23. The molecule has 3 nitrogen and oxygen atoms in total. The SMILES string of the molecule is Cc1c(O)cc2c(c1C)COB2O. The minimum absolute atomic E-state index is 0.223. The predicted octanol–water partition coefficient (Wildman–Crippen LogP) is 0.227. The molecule has 0 bridgehead atoms. The highest BCUT2D eigenvalue weighted by Crippen LogP contribution is 2.24. The third kappa shape index (κ3) is 1.14. The molecule has 0 saturated heterocycles. The molecule has 0 unspecified atom stereocenters. The van der Waals surface area contributed by atoms with Gasteiger partial charge < -0.3 is 14.8 Å². The molecule has 4 heteroatoms. The monoisotopic (exact) mass is 178 g/mol. The van der Waals surface area contributed by atoms with E-state index < -0.39 is 7.12 Å². The Balaban J connectivity index is 2.67. The smallest absolute Gasteiger partial charge is 0.491 e. The van der Waals surface area contributed by atoms with E-state index >= 15 is 0 Å². The second-order valence-electron chi connectivity index (χ2n) is 3.38. The van der Waals surface area contributed by atoms with Crippen molar-refractivity contribution >= 4 is 12.6 Å². The molecule has 0 aromatic heterocycles. The van der Waals surface area contributed by atoms with Gasteiger partial charge in [0.15, 0.2) is 0 Å². The molecule has 2 N–H and O–H groups in total. The average molecular weight is 178 g/mol. The fourth-order valence-electron chi connectivity index (χ4n) is 1.64. The molecule has 0 spiro atoms. The largest absolute Gasteiger partial charge is 0.508 e. The summed E-state index contributed by atoms with van der Waals surface area (Å²) in [5, 5.41) is 18.9. The van der Waals surface area contributed by atoms with Gasteiger partial charge in [0.1, 0.15) is 5.75 Å². The predicted molar refractivity (Wildman–Crippen MR) is 50.0 cm³/mol. The highest BCUT2D eigenvalue weighted by molar-refractivity contribution is 6.61. The lowest BCUT2D eigenvalue weighted by Gasteiger charge is -2.08. The summed E-state index contributed by atoms with van der Waals surface area (Å²) in [4.78, 5) is 0. The first kappa shape index (κ1) is 8.60. The van der Waals surface area contributed by atoms with Crippen molar-refractivity contribution in [3.63, 3.8) is 0 Å². The number of phenols is 1. The van der Waals surface area contributed by atoms with Crippen LogP contribution in [0.4, 0.5) is 0 Å². The molecular weight excluding hydrogens is 167 g/mol. The number of aromatic hydroxyl groups is 1. The third-order valence-electron chi connectivity index (χ3n) is 2.69. The second-order valence-corrected chi connectivity index (χ2v) is 3.38. The first-order chi connectivity index (χ1) is 6.11. The lowest BCUT2D eigenvalue weighted by atomic mass is 9.77. The Labute approximate surface area is 77.1 Å². The zero-order valence-corrected chi connectivity index (χ0v) is 7.66. The Kier molecular flexibility index (Phi) is 1.82. The van der Waals surface area contributed by atoms with E-state index in [4.69, 9.17) is 4.65 Å². The van der Waals surface area contributed by atoms with E-state index in [1.807, 2.05) is 13.8 Å². The van der Waals surface area contributed by atoms with Crippen LogP contribution in [0.2, 0.25) is 0 Å². The third-order valence-corrected chi connectivity index (χ3v) is 2.69. The van der Waals surface area contributed by atoms with Crippen molar-refractivity contribution in [1.29, 1.82) is 0 Å². The lowest BCUT2D eigenvalue weighted by molar-refractivity contribution is 0.275. The first-order valence-electron chi connectivity index (χ1n) is 4.23. The van der Waals surface area contributed by atoms with E-state index in [0.717, 1.165) is 16.7 Å². The van der Waals surface area contributed by atoms with Gasteiger partial charge in [-0.2, -0.15) is 0 Å². The van der Waals surface area contributed by atoms with Crippen LogP contribution in [0.1, 0.15) is 16.7 Å². The van der Waals surface area contributed by atoms with E-state index in [9.17, 15) is 10.1 Å². The molecule has 0 aliphatic carbocycles. The van der Waals surface area contributed by atoms with Crippen molar-refractivity contribution in [2.45, 2.75) is 20.5 Å². The Hall–Kier alpha value is -0.995. The topological polar surface area (TPSA) is 49.7 Å². The summed E-state index contributed by atoms with van der Waals surface area (Å²) in [6.45, 7) is 4.22. The summed E-state index contributed by atoms with van der Waals surface area (Å²) < 4.78 is 5.06. The number of hydrogen-bond donors (Lipinski definition) is 2. The Morgan fingerprint density at radius 2 is 2.08 bits per heavy atom. The van der Waals surface area contributed by atoms with Crippen molar-refractivity contribution in [3.05, 3.63) is 22.8 Å². The molecule has 1 aromatic rings. The molecule has 2 rings (SSSR count). The zero-order chi connectivity index (χ0) is 9.59. The van der Waals surface area contributed by atoms with Crippen LogP contribution in [-0.2, 0) is 11.3 Å². The Bertz CT molecular complexity index is 362. The number of phenolic OH excluding ortho intramolecular Hbond substituents is 1. The molecular formula is C9H11BO3. The van der Waals surface area contributed by atoms with Gasteiger partial charge in [0, 0.05) is 0 Å². The van der Waals surface area contributed by atoms with E-state index in [1.165, 1.54) is 0 Å². The van der Waals surface area contributed by atoms with E-state index in [2.05, 4.69) is 0 Å². The van der Waals surface area contributed by atoms with Gasteiger partial charge in [-0.05, 0) is 42.1 Å². The van der Waals surface area contributed by atoms with Crippen LogP contribution < -0.4 is 5.46 Å². The fourth-order valence-corrected chi connectivity index (χ4v) is 1.64. The van der Waals surface area contributed by atoms with Crippen LogP contribution in [0.3, 0.4) is 0 Å². The van der Waals surface area contributed by atoms with Crippen LogP contribution in [0, 0.1) is 13.8 Å². The van der Waals surface area contributed by atoms with Crippen molar-refractivity contribution in [2.24, 2.45) is 0 Å². The van der Waals surface area contributed by atoms with E-state index in [-0.39, 0.29) is 5.75 Å². The molecule has 0 saturated carbocycles. The Morgan fingerprint density at radius 1 is 1.38 bits per heavy atom. The standard InChI is InChI=1S/C9H11BO3/c1-5-6(2)9(11)3-8-7(5)4-13-10(8)12/h3,11-12H,4H2,1-2H3. The summed E-state index contributed by atoms with van der Waals surface area (Å²) in [5.74, 6) is 0.223. The van der Waals surface area contributed by atoms with Gasteiger partial charge in [0.25, 0.3) is 0 Å². The highest BCUT2D eigenvalue weighted by Gasteiger charge is 2.29. The summed E-state index contributed by atoms with van der Waals surface area (Å²) >= 11 is 0. The van der Waals surface area contributed by atoms with Gasteiger partial charge >= 0.3 is 7.12 Å². The van der Waals surface area contributed by atoms with Crippen LogP contribution >= 0.6 is 0 Å². The minimum Gasteiger partial charge on any atom is -0.508 e. The maximum atomic E-state index is 9.52. The van der Waals surface area contributed by atoms with Gasteiger partial charge in [-0.25, -0.2) is 0 Å². The maximum absolute atomic E-state index is 9.52. The van der Waals surface area contributed by atoms with Gasteiger partial charge in [-0.3, -0.25) is 0 Å². The molecule has 0 amide bonds. The number of rotatable bonds is 0. The summed E-state index contributed by atoms with van der Waals surface area (Å²) in [6.07, 6.45) is 0. The molecule has 0 fully saturated rings. The summed E-state index contributed by atoms with van der Waals surface area (Å²) in [5.41, 5.74) is 3.56. The van der Waals surface area contributed by atoms with Gasteiger partial charge in [0.05, 0.1) is 6.61 Å². The molecule has 1 aliphatic rings. The second kappa shape index (κ2) is 2.75. The fraction of sp³-hybridized carbons (Fsp3) is 0.333. The Morgan fingerprint density at radius 3 is 2.77 bits per heavy atom. The minimum atomic E-state index is -0.875. The normalized spacial score (nSPS) is 14.8. The lowest BCUT2D eigenvalue weighted by Crippen LogP contribution is -2.28. The van der Waals surface area contributed by atoms with Crippen LogP contribution in [-0.4, -0.2) is 17.2 Å². The molecule has 1 aromatic carbocycles. The average Bonchev–Trinajstić information content (AvgIpc) is 2.45. The molecule has 1 aliphatic heterocycles. The molecule has 0 atom stereocenters. The maximum Gasteiger partial charge on any atom is 0.491 e. The van der Waals surface area contributed by atoms with Gasteiger partial charge in [-0.1, -0.05) is 0 Å². The molecule has 13 heavy (non-hydrogen) atoms. The van der Waals surface area contributed by atoms with Crippen molar-refractivity contribution < 1.29 is 14.8 Å². The number of hydrogen-bond acceptors (Lipinski definition) is 3. The number of fused-ring (bicyclic) bond motifs is 1. The molecule has 0 radical (unpaired) electrons. The van der Waals surface area contributed by atoms with Crippen molar-refractivity contribution in [2.75, 3.05) is 0 Å². The van der Waals surface area contributed by atoms with Crippen LogP contribution in [0.5, 0.6) is 5.75 Å². The van der Waals surface area contributed by atoms with Gasteiger partial charge in [0.2, 0.25) is 0 Å². The van der Waals surface area contributed by atoms with Crippen LogP contribution in [0.25, 0.3) is 0 Å². The van der Waals surface area contributed by atoms with Gasteiger partial charge in [-0.15, -0.1) is 0 Å². The van der Waals surface area contributed by atoms with Crippen molar-refractivity contribution in [3.8, 4) is 5.75 Å². The summed E-state index contributed by atoms with van der Waals surface area (Å²) in [6, 6.07) is 1.58. The van der Waals surface area contributed by atoms with Crippen LogP contribution in [0.15, 0.2) is 6.07 Å².